The molecule has 9 heteroatoms. The highest BCUT2D eigenvalue weighted by molar-refractivity contribution is 5.88. The van der Waals surface area contributed by atoms with Gasteiger partial charge in [-0.1, -0.05) is 5.21 Å². The Bertz CT molecular complexity index is 623. The second-order valence-electron chi connectivity index (χ2n) is 5.38. The van der Waals surface area contributed by atoms with Crippen LogP contribution in [0.15, 0.2) is 0 Å². The monoisotopic (exact) mass is 279 g/mol. The van der Waals surface area contributed by atoms with Crippen LogP contribution in [0.25, 0.3) is 0 Å². The van der Waals surface area contributed by atoms with Gasteiger partial charge < -0.3 is 4.74 Å². The zero-order valence-electron chi connectivity index (χ0n) is 12.2. The zero-order chi connectivity index (χ0) is 14.9. The predicted molar refractivity (Wildman–Crippen MR) is 67.8 cm³/mol. The maximum absolute atomic E-state index is 12.0. The number of aryl methyl sites for hydroxylation is 1. The van der Waals surface area contributed by atoms with Crippen molar-refractivity contribution >= 4 is 5.97 Å². The molecule has 2 aromatic rings. The quantitative estimate of drug-likeness (QED) is 0.735. The van der Waals surface area contributed by atoms with Gasteiger partial charge in [-0.25, -0.2) is 9.48 Å². The van der Waals surface area contributed by atoms with Crippen LogP contribution in [0.4, 0.5) is 0 Å². The van der Waals surface area contributed by atoms with Crippen LogP contribution in [0.2, 0.25) is 0 Å². The van der Waals surface area contributed by atoms with Gasteiger partial charge in [-0.05, 0) is 32.9 Å². The molecule has 0 radical (unpaired) electrons. The standard InChI is InChI=1S/C11H17N7O2/c1-7-9(10(19)20-11(2,3)4)13-16-18(7)6-8-12-15-17(5)14-8/h6H2,1-5H3. The number of rotatable bonds is 3. The maximum Gasteiger partial charge on any atom is 0.361 e. The van der Waals surface area contributed by atoms with E-state index in [0.717, 1.165) is 0 Å². The van der Waals surface area contributed by atoms with E-state index in [-0.39, 0.29) is 5.69 Å². The molecule has 2 aromatic heterocycles. The molecule has 0 aliphatic heterocycles. The SMILES string of the molecule is Cc1c(C(=O)OC(C)(C)C)nnn1Cc1nnn(C)n1. The molecule has 0 saturated carbocycles. The molecule has 0 spiro atoms. The molecule has 20 heavy (non-hydrogen) atoms. The average Bonchev–Trinajstić information content (AvgIpc) is 2.85. The number of tetrazole rings is 1. The van der Waals surface area contributed by atoms with Crippen molar-refractivity contribution in [3.05, 3.63) is 17.2 Å². The van der Waals surface area contributed by atoms with Crippen molar-refractivity contribution in [2.24, 2.45) is 7.05 Å². The summed E-state index contributed by atoms with van der Waals surface area (Å²) in [6.07, 6.45) is 0. The predicted octanol–water partition coefficient (Wildman–Crippen LogP) is 0.114. The summed E-state index contributed by atoms with van der Waals surface area (Å²) in [5, 5.41) is 19.4. The fraction of sp³-hybridized carbons (Fsp3) is 0.636. The Morgan fingerprint density at radius 2 is 1.95 bits per heavy atom. The first kappa shape index (κ1) is 14.1. The van der Waals surface area contributed by atoms with Gasteiger partial charge in [-0.3, -0.25) is 0 Å². The van der Waals surface area contributed by atoms with Gasteiger partial charge in [0, 0.05) is 0 Å². The molecule has 0 fully saturated rings. The summed E-state index contributed by atoms with van der Waals surface area (Å²) in [5.74, 6) is 0.00425. The summed E-state index contributed by atoms with van der Waals surface area (Å²) in [6.45, 7) is 7.45. The van der Waals surface area contributed by atoms with Crippen LogP contribution in [0.1, 0.15) is 42.8 Å². The molecule has 9 nitrogen and oxygen atoms in total. The number of carbonyl (C=O) groups is 1. The fourth-order valence-corrected chi connectivity index (χ4v) is 1.55. The largest absolute Gasteiger partial charge is 0.455 e. The minimum Gasteiger partial charge on any atom is -0.455 e. The smallest absolute Gasteiger partial charge is 0.361 e. The molecule has 0 unspecified atom stereocenters. The number of hydrogen-bond acceptors (Lipinski definition) is 7. The molecule has 0 atom stereocenters. The van der Waals surface area contributed by atoms with Crippen molar-refractivity contribution in [2.45, 2.75) is 39.8 Å². The van der Waals surface area contributed by atoms with Gasteiger partial charge in [0.15, 0.2) is 11.5 Å². The molecule has 0 aliphatic rings. The first-order valence-electron chi connectivity index (χ1n) is 6.12. The van der Waals surface area contributed by atoms with Gasteiger partial charge in [0.2, 0.25) is 0 Å². The summed E-state index contributed by atoms with van der Waals surface area (Å²) in [6, 6.07) is 0. The Morgan fingerprint density at radius 1 is 1.25 bits per heavy atom. The summed E-state index contributed by atoms with van der Waals surface area (Å²) >= 11 is 0. The summed E-state index contributed by atoms with van der Waals surface area (Å²) in [4.78, 5) is 13.3. The second kappa shape index (κ2) is 4.99. The van der Waals surface area contributed by atoms with Gasteiger partial charge in [0.1, 0.15) is 12.1 Å². The topological polar surface area (TPSA) is 101 Å². The molecule has 2 rings (SSSR count). The Labute approximate surface area is 115 Å². The van der Waals surface area contributed by atoms with Gasteiger partial charge >= 0.3 is 5.97 Å². The third-order valence-corrected chi connectivity index (χ3v) is 2.42. The number of esters is 1. The van der Waals surface area contributed by atoms with Gasteiger partial charge in [0.05, 0.1) is 12.7 Å². The number of aromatic nitrogens is 7. The lowest BCUT2D eigenvalue weighted by Gasteiger charge is -2.18. The second-order valence-corrected chi connectivity index (χ2v) is 5.38. The van der Waals surface area contributed by atoms with Gasteiger partial charge in [-0.15, -0.1) is 15.3 Å². The molecule has 0 saturated heterocycles. The first-order valence-corrected chi connectivity index (χ1v) is 6.12. The number of hydrogen-bond donors (Lipinski definition) is 0. The third-order valence-electron chi connectivity index (χ3n) is 2.42. The van der Waals surface area contributed by atoms with Crippen molar-refractivity contribution in [1.29, 1.82) is 0 Å². The fourth-order valence-electron chi connectivity index (χ4n) is 1.55. The molecule has 0 N–H and O–H groups in total. The Balaban J connectivity index is 2.16. The van der Waals surface area contributed by atoms with E-state index >= 15 is 0 Å². The third kappa shape index (κ3) is 3.16. The van der Waals surface area contributed by atoms with Crippen LogP contribution in [0.3, 0.4) is 0 Å². The van der Waals surface area contributed by atoms with E-state index in [4.69, 9.17) is 4.74 Å². The van der Waals surface area contributed by atoms with Crippen molar-refractivity contribution < 1.29 is 9.53 Å². The molecular weight excluding hydrogens is 262 g/mol. The van der Waals surface area contributed by atoms with Crippen LogP contribution in [0.5, 0.6) is 0 Å². The van der Waals surface area contributed by atoms with E-state index in [0.29, 0.717) is 18.1 Å². The van der Waals surface area contributed by atoms with E-state index in [1.807, 2.05) is 0 Å². The zero-order valence-corrected chi connectivity index (χ0v) is 12.2. The van der Waals surface area contributed by atoms with Crippen molar-refractivity contribution in [2.75, 3.05) is 0 Å². The lowest BCUT2D eigenvalue weighted by atomic mass is 10.2. The van der Waals surface area contributed by atoms with E-state index < -0.39 is 11.6 Å². The van der Waals surface area contributed by atoms with E-state index in [1.54, 1.807) is 34.7 Å². The van der Waals surface area contributed by atoms with E-state index in [9.17, 15) is 4.79 Å². The van der Waals surface area contributed by atoms with E-state index in [1.165, 1.54) is 9.48 Å². The minimum absolute atomic E-state index is 0.198. The number of ether oxygens (including phenoxy) is 1. The molecule has 0 amide bonds. The van der Waals surface area contributed by atoms with Gasteiger partial charge in [0.25, 0.3) is 0 Å². The summed E-state index contributed by atoms with van der Waals surface area (Å²) in [5.41, 5.74) is 0.232. The van der Waals surface area contributed by atoms with Crippen LogP contribution >= 0.6 is 0 Å². The molecule has 0 bridgehead atoms. The molecule has 0 aromatic carbocycles. The number of nitrogens with zero attached hydrogens (tertiary/aromatic N) is 7. The molecule has 108 valence electrons. The first-order chi connectivity index (χ1) is 9.26. The Morgan fingerprint density at radius 3 is 2.50 bits per heavy atom. The summed E-state index contributed by atoms with van der Waals surface area (Å²) < 4.78 is 6.81. The normalized spacial score (nSPS) is 11.7. The van der Waals surface area contributed by atoms with Crippen LogP contribution in [-0.4, -0.2) is 46.8 Å². The van der Waals surface area contributed by atoms with Crippen molar-refractivity contribution in [3.8, 4) is 0 Å². The van der Waals surface area contributed by atoms with Gasteiger partial charge in [-0.2, -0.15) is 4.80 Å². The Hall–Kier alpha value is -2.32. The summed E-state index contributed by atoms with van der Waals surface area (Å²) in [7, 11) is 1.68. The van der Waals surface area contributed by atoms with E-state index in [2.05, 4.69) is 25.7 Å². The molecular formula is C11H17N7O2. The molecule has 0 aliphatic carbocycles. The lowest BCUT2D eigenvalue weighted by molar-refractivity contribution is 0.00618. The average molecular weight is 279 g/mol. The minimum atomic E-state index is -0.570. The molecule has 2 heterocycles. The Kier molecular flexibility index (Phi) is 3.51. The maximum atomic E-state index is 12.0. The van der Waals surface area contributed by atoms with Crippen LogP contribution < -0.4 is 0 Å². The van der Waals surface area contributed by atoms with Crippen molar-refractivity contribution in [3.63, 3.8) is 0 Å². The highest BCUT2D eigenvalue weighted by atomic mass is 16.6. The van der Waals surface area contributed by atoms with Crippen LogP contribution in [-0.2, 0) is 18.3 Å². The highest BCUT2D eigenvalue weighted by Gasteiger charge is 2.23. The number of carbonyl (C=O) groups excluding carboxylic acids is 1. The highest BCUT2D eigenvalue weighted by Crippen LogP contribution is 2.13. The van der Waals surface area contributed by atoms with Crippen molar-refractivity contribution in [1.82, 2.24) is 35.2 Å². The van der Waals surface area contributed by atoms with Crippen LogP contribution in [0, 0.1) is 6.92 Å². The lowest BCUT2D eigenvalue weighted by Crippen LogP contribution is -2.24.